The summed E-state index contributed by atoms with van der Waals surface area (Å²) in [5.41, 5.74) is 1.54. The lowest BCUT2D eigenvalue weighted by Crippen LogP contribution is -2.11. The van der Waals surface area contributed by atoms with Crippen molar-refractivity contribution >= 4 is 39.8 Å². The first-order chi connectivity index (χ1) is 9.47. The van der Waals surface area contributed by atoms with Crippen molar-refractivity contribution in [3.63, 3.8) is 0 Å². The van der Waals surface area contributed by atoms with Crippen LogP contribution in [0.15, 0.2) is 47.4 Å². The summed E-state index contributed by atoms with van der Waals surface area (Å²) in [5, 5.41) is 0.797. The van der Waals surface area contributed by atoms with Gasteiger partial charge in [-0.25, -0.2) is 0 Å². The first-order valence-corrected chi connectivity index (χ1v) is 7.98. The van der Waals surface area contributed by atoms with Crippen LogP contribution in [0.4, 0.5) is 0 Å². The van der Waals surface area contributed by atoms with Gasteiger partial charge in [-0.15, -0.1) is 0 Å². The molecule has 0 spiro atoms. The number of ketones is 1. The molecule has 5 heteroatoms. The van der Waals surface area contributed by atoms with Crippen molar-refractivity contribution in [3.05, 3.63) is 63.6 Å². The lowest BCUT2D eigenvalue weighted by Gasteiger charge is -2.05. The van der Waals surface area contributed by atoms with E-state index >= 15 is 0 Å². The van der Waals surface area contributed by atoms with Crippen LogP contribution in [0.25, 0.3) is 0 Å². The molecule has 1 atom stereocenters. The van der Waals surface area contributed by atoms with Gasteiger partial charge in [0.05, 0.1) is 26.5 Å². The maximum Gasteiger partial charge on any atom is 0.175 e. The second-order valence-electron chi connectivity index (χ2n) is 4.36. The summed E-state index contributed by atoms with van der Waals surface area (Å²) < 4.78 is 12.2. The highest BCUT2D eigenvalue weighted by atomic mass is 35.5. The zero-order valence-electron chi connectivity index (χ0n) is 10.7. The number of rotatable bonds is 4. The van der Waals surface area contributed by atoms with E-state index in [1.807, 2.05) is 13.0 Å². The number of aryl methyl sites for hydroxylation is 1. The van der Waals surface area contributed by atoms with Crippen molar-refractivity contribution in [1.29, 1.82) is 0 Å². The molecule has 0 N–H and O–H groups in total. The molecule has 2 aromatic rings. The first kappa shape index (κ1) is 15.2. The second kappa shape index (κ2) is 6.53. The quantitative estimate of drug-likeness (QED) is 0.785. The van der Waals surface area contributed by atoms with Gasteiger partial charge in [-0.1, -0.05) is 47.0 Å². The molecule has 1 unspecified atom stereocenters. The third-order valence-corrected chi connectivity index (χ3v) is 4.77. The number of carbonyl (C=O) groups excluding carboxylic acids is 1. The molecule has 20 heavy (non-hydrogen) atoms. The lowest BCUT2D eigenvalue weighted by atomic mass is 10.1. The van der Waals surface area contributed by atoms with Crippen LogP contribution in [-0.4, -0.2) is 15.7 Å². The van der Waals surface area contributed by atoms with Gasteiger partial charge in [0.1, 0.15) is 0 Å². The molecule has 0 radical (unpaired) electrons. The Labute approximate surface area is 130 Å². The van der Waals surface area contributed by atoms with E-state index in [0.717, 1.165) is 5.56 Å². The van der Waals surface area contributed by atoms with Gasteiger partial charge >= 0.3 is 0 Å². The Balaban J connectivity index is 2.19. The molecule has 2 rings (SSSR count). The van der Waals surface area contributed by atoms with Crippen molar-refractivity contribution in [2.75, 3.05) is 5.75 Å². The third kappa shape index (κ3) is 3.69. The van der Waals surface area contributed by atoms with Gasteiger partial charge in [0.2, 0.25) is 0 Å². The highest BCUT2D eigenvalue weighted by Gasteiger charge is 2.15. The minimum absolute atomic E-state index is 0.108. The van der Waals surface area contributed by atoms with Crippen LogP contribution in [-0.2, 0) is 10.8 Å². The zero-order valence-corrected chi connectivity index (χ0v) is 13.1. The molecule has 0 amide bonds. The molecular formula is C15H12Cl2O2S. The van der Waals surface area contributed by atoms with E-state index in [1.54, 1.807) is 30.3 Å². The Bertz CT molecular complexity index is 683. The summed E-state index contributed by atoms with van der Waals surface area (Å²) in [5.74, 6) is -0.285. The normalized spacial score (nSPS) is 12.2. The molecule has 2 nitrogen and oxygen atoms in total. The van der Waals surface area contributed by atoms with Crippen molar-refractivity contribution in [1.82, 2.24) is 0 Å². The van der Waals surface area contributed by atoms with E-state index in [4.69, 9.17) is 23.2 Å². The smallest absolute Gasteiger partial charge is 0.175 e. The molecule has 0 saturated heterocycles. The van der Waals surface area contributed by atoms with Gasteiger partial charge in [-0.2, -0.15) is 0 Å². The Morgan fingerprint density at radius 2 is 1.90 bits per heavy atom. The van der Waals surface area contributed by atoms with Crippen molar-refractivity contribution in [3.8, 4) is 0 Å². The average Bonchev–Trinajstić information content (AvgIpc) is 2.41. The lowest BCUT2D eigenvalue weighted by molar-refractivity contribution is 0.102. The molecule has 0 heterocycles. The van der Waals surface area contributed by atoms with E-state index in [2.05, 4.69) is 0 Å². The third-order valence-electron chi connectivity index (χ3n) is 2.74. The highest BCUT2D eigenvalue weighted by molar-refractivity contribution is 7.86. The van der Waals surface area contributed by atoms with Crippen LogP contribution >= 0.6 is 23.2 Å². The Morgan fingerprint density at radius 1 is 1.15 bits per heavy atom. The largest absolute Gasteiger partial charge is 0.293 e. The fourth-order valence-corrected chi connectivity index (χ4v) is 3.47. The number of halogens is 2. The second-order valence-corrected chi connectivity index (χ2v) is 6.62. The minimum atomic E-state index is -1.51. The van der Waals surface area contributed by atoms with Crippen LogP contribution in [0.2, 0.25) is 10.0 Å². The molecule has 0 aliphatic carbocycles. The molecule has 0 aliphatic heterocycles. The number of hydrogen-bond donors (Lipinski definition) is 0. The zero-order chi connectivity index (χ0) is 14.7. The standard InChI is InChI=1S/C15H12Cl2O2S/c1-10-3-2-4-11(7-10)14(18)9-20(19)15-8-12(16)5-6-13(15)17/h2-8H,9H2,1H3. The molecule has 104 valence electrons. The maximum absolute atomic E-state index is 12.2. The van der Waals surface area contributed by atoms with Crippen LogP contribution < -0.4 is 0 Å². The maximum atomic E-state index is 12.2. The van der Waals surface area contributed by atoms with E-state index in [9.17, 15) is 9.00 Å². The van der Waals surface area contributed by atoms with E-state index in [1.165, 1.54) is 6.07 Å². The van der Waals surface area contributed by atoms with E-state index in [-0.39, 0.29) is 11.5 Å². The predicted octanol–water partition coefficient (Wildman–Crippen LogP) is 4.29. The SMILES string of the molecule is Cc1cccc(C(=O)CS(=O)c2cc(Cl)ccc2Cl)c1. The summed E-state index contributed by atoms with van der Waals surface area (Å²) in [6.45, 7) is 1.90. The van der Waals surface area contributed by atoms with Crippen molar-refractivity contribution < 1.29 is 9.00 Å². The summed E-state index contributed by atoms with van der Waals surface area (Å²) in [6, 6.07) is 11.9. The van der Waals surface area contributed by atoms with E-state index < -0.39 is 10.8 Å². The van der Waals surface area contributed by atoms with Crippen LogP contribution in [0.5, 0.6) is 0 Å². The first-order valence-electron chi connectivity index (χ1n) is 5.90. The van der Waals surface area contributed by atoms with Gasteiger partial charge in [0, 0.05) is 10.6 Å². The number of Topliss-reactive ketones (excluding diaryl/α,β-unsaturated/α-hetero) is 1. The molecule has 2 aromatic carbocycles. The van der Waals surface area contributed by atoms with Crippen LogP contribution in [0.3, 0.4) is 0 Å². The van der Waals surface area contributed by atoms with E-state index in [0.29, 0.717) is 20.5 Å². The number of hydrogen-bond acceptors (Lipinski definition) is 2. The fraction of sp³-hybridized carbons (Fsp3) is 0.133. The van der Waals surface area contributed by atoms with Crippen LogP contribution in [0.1, 0.15) is 15.9 Å². The van der Waals surface area contributed by atoms with Gasteiger partial charge in [-0.05, 0) is 31.2 Å². The molecular weight excluding hydrogens is 315 g/mol. The van der Waals surface area contributed by atoms with Crippen molar-refractivity contribution in [2.45, 2.75) is 11.8 Å². The highest BCUT2D eigenvalue weighted by Crippen LogP contribution is 2.24. The summed E-state index contributed by atoms with van der Waals surface area (Å²) >= 11 is 11.8. The molecule has 0 fully saturated rings. The number of benzene rings is 2. The summed E-state index contributed by atoms with van der Waals surface area (Å²) in [4.78, 5) is 12.5. The topological polar surface area (TPSA) is 34.1 Å². The fourth-order valence-electron chi connectivity index (χ4n) is 1.75. The molecule has 0 aromatic heterocycles. The Kier molecular flexibility index (Phi) is 4.97. The Morgan fingerprint density at radius 3 is 2.60 bits per heavy atom. The monoisotopic (exact) mass is 326 g/mol. The van der Waals surface area contributed by atoms with Crippen molar-refractivity contribution in [2.24, 2.45) is 0 Å². The average molecular weight is 327 g/mol. The van der Waals surface area contributed by atoms with Gasteiger partial charge in [-0.3, -0.25) is 9.00 Å². The van der Waals surface area contributed by atoms with Crippen LogP contribution in [0, 0.1) is 6.92 Å². The molecule has 0 bridgehead atoms. The molecule has 0 aliphatic rings. The minimum Gasteiger partial charge on any atom is -0.293 e. The van der Waals surface area contributed by atoms with Gasteiger partial charge in [0.15, 0.2) is 5.78 Å². The Hall–Kier alpha value is -1.16. The summed E-state index contributed by atoms with van der Waals surface area (Å²) in [6.07, 6.45) is 0. The molecule has 0 saturated carbocycles. The predicted molar refractivity (Wildman–Crippen MR) is 83.2 cm³/mol. The van der Waals surface area contributed by atoms with Gasteiger partial charge in [0.25, 0.3) is 0 Å². The van der Waals surface area contributed by atoms with Gasteiger partial charge < -0.3 is 0 Å². The number of carbonyl (C=O) groups is 1. The summed E-state index contributed by atoms with van der Waals surface area (Å²) in [7, 11) is -1.51.